The van der Waals surface area contributed by atoms with Crippen LogP contribution in [-0.2, 0) is 23.9 Å². The van der Waals surface area contributed by atoms with Gasteiger partial charge >= 0.3 is 5.97 Å². The predicted molar refractivity (Wildman–Crippen MR) is 150 cm³/mol. The number of hydrogen-bond donors (Lipinski definition) is 3. The maximum atomic E-state index is 13.3. The molecule has 2 aromatic carbocycles. The quantitative estimate of drug-likeness (QED) is 0.252. The van der Waals surface area contributed by atoms with E-state index in [0.29, 0.717) is 18.7 Å². The minimum atomic E-state index is -1.18. The summed E-state index contributed by atoms with van der Waals surface area (Å²) < 4.78 is 5.28. The van der Waals surface area contributed by atoms with E-state index in [4.69, 9.17) is 4.74 Å². The van der Waals surface area contributed by atoms with Crippen LogP contribution < -0.4 is 10.6 Å². The van der Waals surface area contributed by atoms with Gasteiger partial charge in [-0.1, -0.05) is 42.5 Å². The predicted octanol–water partition coefficient (Wildman–Crippen LogP) is 3.34. The number of allylic oxidation sites excluding steroid dienone is 2. The summed E-state index contributed by atoms with van der Waals surface area (Å²) in [4.78, 5) is 53.2. The van der Waals surface area contributed by atoms with Crippen LogP contribution in [-0.4, -0.2) is 65.5 Å². The summed E-state index contributed by atoms with van der Waals surface area (Å²) in [7, 11) is 0. The first-order valence-electron chi connectivity index (χ1n) is 13.2. The molecule has 0 saturated carbocycles. The maximum absolute atomic E-state index is 13.3. The van der Waals surface area contributed by atoms with Crippen LogP contribution in [0.25, 0.3) is 10.8 Å². The zero-order chi connectivity index (χ0) is 28.2. The third-order valence-corrected chi connectivity index (χ3v) is 6.76. The largest absolute Gasteiger partial charge is 0.463 e. The van der Waals surface area contributed by atoms with Crippen LogP contribution in [0.5, 0.6) is 0 Å². The third kappa shape index (κ3) is 8.51. The normalized spacial score (nSPS) is 16.2. The zero-order valence-electron chi connectivity index (χ0n) is 22.1. The molecule has 2 aromatic rings. The van der Waals surface area contributed by atoms with Crippen molar-refractivity contribution in [2.24, 2.45) is 5.92 Å². The summed E-state index contributed by atoms with van der Waals surface area (Å²) in [6.45, 7) is 7.32. The van der Waals surface area contributed by atoms with Gasteiger partial charge in [0.1, 0.15) is 12.6 Å². The molecule has 1 aliphatic heterocycles. The van der Waals surface area contributed by atoms with Gasteiger partial charge in [-0.3, -0.25) is 19.2 Å². The number of benzene rings is 2. The molecule has 1 saturated heterocycles. The number of hydrogen-bond acceptors (Lipinski definition) is 6. The summed E-state index contributed by atoms with van der Waals surface area (Å²) in [6, 6.07) is 11.7. The Morgan fingerprint density at radius 3 is 2.56 bits per heavy atom. The second-order valence-corrected chi connectivity index (χ2v) is 9.61. The Hall–Kier alpha value is -3.98. The monoisotopic (exact) mass is 535 g/mol. The van der Waals surface area contributed by atoms with Crippen molar-refractivity contribution in [2.45, 2.75) is 50.6 Å². The summed E-state index contributed by atoms with van der Waals surface area (Å²) in [6.07, 6.45) is 5.30. The number of ether oxygens (including phenoxy) is 1. The lowest BCUT2D eigenvalue weighted by atomic mass is 9.98. The average molecular weight is 536 g/mol. The number of nitrogens with one attached hydrogen (secondary N) is 2. The Labute approximate surface area is 228 Å². The number of fused-ring (bicyclic) bond motifs is 1. The van der Waals surface area contributed by atoms with Crippen LogP contribution in [0.2, 0.25) is 0 Å². The van der Waals surface area contributed by atoms with Gasteiger partial charge in [-0.2, -0.15) is 0 Å². The lowest BCUT2D eigenvalue weighted by Gasteiger charge is -2.26. The second kappa shape index (κ2) is 14.8. The first kappa shape index (κ1) is 29.6. The number of esters is 1. The highest BCUT2D eigenvalue weighted by molar-refractivity contribution is 5.99. The van der Waals surface area contributed by atoms with Gasteiger partial charge in [0.15, 0.2) is 0 Å². The number of nitrogens with zero attached hydrogens (tertiary/aromatic N) is 1. The van der Waals surface area contributed by atoms with Gasteiger partial charge in [-0.05, 0) is 48.6 Å². The molecule has 1 fully saturated rings. The van der Waals surface area contributed by atoms with Crippen molar-refractivity contribution in [1.82, 2.24) is 10.2 Å². The lowest BCUT2D eigenvalue weighted by Crippen LogP contribution is -2.49. The molecule has 1 aliphatic rings. The number of likely N-dealkylation sites (tertiary alicyclic amines) is 1. The molecule has 3 amide bonds. The lowest BCUT2D eigenvalue weighted by molar-refractivity contribution is -0.146. The number of aliphatic hydroxyl groups is 1. The minimum absolute atomic E-state index is 0.0908. The molecule has 0 aromatic heterocycles. The topological polar surface area (TPSA) is 125 Å². The van der Waals surface area contributed by atoms with E-state index in [1.807, 2.05) is 36.4 Å². The fraction of sp³-hybridized carbons (Fsp3) is 0.400. The molecule has 0 unspecified atom stereocenters. The molecular weight excluding hydrogens is 498 g/mol. The number of rotatable bonds is 14. The van der Waals surface area contributed by atoms with E-state index in [2.05, 4.69) is 23.8 Å². The van der Waals surface area contributed by atoms with Crippen LogP contribution in [0.1, 0.15) is 38.5 Å². The minimum Gasteiger partial charge on any atom is -0.463 e. The molecule has 0 bridgehead atoms. The molecule has 9 heteroatoms. The van der Waals surface area contributed by atoms with Crippen LogP contribution in [0, 0.1) is 5.92 Å². The standard InChI is InChI=1S/C30H37N3O6/c1-3-5-13-28(36)39-20-26(30(38)31-24-15-14-21-10-6-7-11-22(21)17-24)32-29(37)23(9-4-2)18-27(35)33-16-8-12-25(33)19-34/h3-4,6-7,10-11,14-15,17,23,25-26,34H,1-2,5,8-9,12-13,16,18-20H2,(H,31,38)(H,32,37)/t23-,25+,26+/m1/s1. The second-order valence-electron chi connectivity index (χ2n) is 9.61. The summed E-state index contributed by atoms with van der Waals surface area (Å²) in [5, 5.41) is 17.0. The highest BCUT2D eigenvalue weighted by Crippen LogP contribution is 2.22. The first-order valence-corrected chi connectivity index (χ1v) is 13.2. The highest BCUT2D eigenvalue weighted by atomic mass is 16.5. The van der Waals surface area contributed by atoms with E-state index in [0.717, 1.165) is 23.6 Å². The van der Waals surface area contributed by atoms with Crippen LogP contribution >= 0.6 is 0 Å². The van der Waals surface area contributed by atoms with Crippen LogP contribution in [0.3, 0.4) is 0 Å². The molecule has 3 N–H and O–H groups in total. The van der Waals surface area contributed by atoms with E-state index in [9.17, 15) is 24.3 Å². The van der Waals surface area contributed by atoms with Crippen LogP contribution in [0.15, 0.2) is 67.8 Å². The smallest absolute Gasteiger partial charge is 0.306 e. The van der Waals surface area contributed by atoms with Crippen molar-refractivity contribution in [2.75, 3.05) is 25.1 Å². The molecule has 39 heavy (non-hydrogen) atoms. The summed E-state index contributed by atoms with van der Waals surface area (Å²) >= 11 is 0. The molecule has 0 aliphatic carbocycles. The van der Waals surface area contributed by atoms with Crippen molar-refractivity contribution in [3.8, 4) is 0 Å². The Morgan fingerprint density at radius 2 is 1.85 bits per heavy atom. The zero-order valence-corrected chi connectivity index (χ0v) is 22.1. The molecule has 1 heterocycles. The summed E-state index contributed by atoms with van der Waals surface area (Å²) in [5.74, 6) is -2.61. The van der Waals surface area contributed by atoms with Gasteiger partial charge in [-0.15, -0.1) is 13.2 Å². The molecule has 3 atom stereocenters. The van der Waals surface area contributed by atoms with Gasteiger partial charge in [0.25, 0.3) is 5.91 Å². The van der Waals surface area contributed by atoms with Gasteiger partial charge in [0.05, 0.1) is 18.6 Å². The fourth-order valence-corrected chi connectivity index (χ4v) is 4.60. The van der Waals surface area contributed by atoms with Gasteiger partial charge in [0, 0.05) is 25.1 Å². The van der Waals surface area contributed by atoms with E-state index in [1.165, 1.54) is 0 Å². The van der Waals surface area contributed by atoms with Crippen molar-refractivity contribution >= 4 is 40.2 Å². The SMILES string of the molecule is C=CCCC(=O)OC[C@H](NC(=O)[C@H](CC=C)CC(=O)N1CCC[C@H]1CO)C(=O)Nc1ccc2ccccc2c1. The van der Waals surface area contributed by atoms with Crippen molar-refractivity contribution in [3.05, 3.63) is 67.8 Å². The van der Waals surface area contributed by atoms with Crippen molar-refractivity contribution < 1.29 is 29.0 Å². The van der Waals surface area contributed by atoms with E-state index in [-0.39, 0.29) is 44.4 Å². The average Bonchev–Trinajstić information content (AvgIpc) is 3.43. The molecule has 0 radical (unpaired) electrons. The Balaban J connectivity index is 1.72. The van der Waals surface area contributed by atoms with Gasteiger partial charge in [0.2, 0.25) is 11.8 Å². The number of amides is 3. The van der Waals surface area contributed by atoms with Gasteiger partial charge in [-0.25, -0.2) is 0 Å². The number of anilines is 1. The Bertz CT molecular complexity index is 1200. The third-order valence-electron chi connectivity index (χ3n) is 6.76. The van der Waals surface area contributed by atoms with E-state index < -0.39 is 29.7 Å². The highest BCUT2D eigenvalue weighted by Gasteiger charge is 2.32. The van der Waals surface area contributed by atoms with Crippen molar-refractivity contribution in [3.63, 3.8) is 0 Å². The number of carbonyl (C=O) groups excluding carboxylic acids is 4. The van der Waals surface area contributed by atoms with E-state index >= 15 is 0 Å². The number of aliphatic hydroxyl groups excluding tert-OH is 1. The summed E-state index contributed by atoms with van der Waals surface area (Å²) in [5.41, 5.74) is 0.526. The molecule has 9 nitrogen and oxygen atoms in total. The van der Waals surface area contributed by atoms with Gasteiger partial charge < -0.3 is 25.4 Å². The number of carbonyl (C=O) groups is 4. The Kier molecular flexibility index (Phi) is 11.2. The molecule has 0 spiro atoms. The molecule has 208 valence electrons. The van der Waals surface area contributed by atoms with Crippen molar-refractivity contribution in [1.29, 1.82) is 0 Å². The van der Waals surface area contributed by atoms with E-state index in [1.54, 1.807) is 23.1 Å². The fourth-order valence-electron chi connectivity index (χ4n) is 4.60. The first-order chi connectivity index (χ1) is 18.9. The molecular formula is C30H37N3O6. The Morgan fingerprint density at radius 1 is 1.08 bits per heavy atom. The molecule has 3 rings (SSSR count). The maximum Gasteiger partial charge on any atom is 0.306 e. The van der Waals surface area contributed by atoms with Crippen LogP contribution in [0.4, 0.5) is 5.69 Å².